The van der Waals surface area contributed by atoms with Gasteiger partial charge in [-0.25, -0.2) is 9.07 Å². The van der Waals surface area contributed by atoms with Crippen LogP contribution in [0, 0.1) is 5.92 Å². The molecule has 1 fully saturated rings. The molecule has 0 saturated heterocycles. The van der Waals surface area contributed by atoms with Crippen molar-refractivity contribution >= 4 is 17.5 Å². The van der Waals surface area contributed by atoms with Gasteiger partial charge in [-0.15, -0.1) is 0 Å². The fourth-order valence-electron chi connectivity index (χ4n) is 4.33. The van der Waals surface area contributed by atoms with Crippen LogP contribution in [0.3, 0.4) is 0 Å². The second kappa shape index (κ2) is 12.1. The number of halogens is 4. The molecule has 0 radical (unpaired) electrons. The summed E-state index contributed by atoms with van der Waals surface area (Å²) in [6, 6.07) is 2.92. The van der Waals surface area contributed by atoms with E-state index in [4.69, 9.17) is 0 Å². The van der Waals surface area contributed by atoms with Gasteiger partial charge in [-0.1, -0.05) is 11.6 Å². The summed E-state index contributed by atoms with van der Waals surface area (Å²) in [6.07, 6.45) is -0.0494. The number of nitrogens with zero attached hydrogens (tertiary/aromatic N) is 6. The molecule has 15 heteroatoms. The highest BCUT2D eigenvalue weighted by Crippen LogP contribution is 2.30. The van der Waals surface area contributed by atoms with Gasteiger partial charge in [0.25, 0.3) is 11.5 Å². The molecule has 2 unspecified atom stereocenters. The van der Waals surface area contributed by atoms with Gasteiger partial charge in [-0.3, -0.25) is 24.4 Å². The molecule has 2 atom stereocenters. The Balaban J connectivity index is 1.21. The van der Waals surface area contributed by atoms with Crippen LogP contribution in [0.15, 0.2) is 45.7 Å². The van der Waals surface area contributed by atoms with E-state index in [2.05, 4.69) is 31.1 Å². The average molecular weight is 567 g/mol. The number of aryl methyl sites for hydroxylation is 1. The van der Waals surface area contributed by atoms with Gasteiger partial charge in [-0.05, 0) is 37.8 Å². The maximum atomic E-state index is 14.7. The van der Waals surface area contributed by atoms with E-state index in [1.54, 1.807) is 0 Å². The lowest BCUT2D eigenvalue weighted by Crippen LogP contribution is -2.47. The lowest BCUT2D eigenvalue weighted by atomic mass is 9.83. The van der Waals surface area contributed by atoms with Gasteiger partial charge < -0.3 is 10.6 Å². The number of amides is 2. The molecule has 2 aromatic heterocycles. The van der Waals surface area contributed by atoms with Crippen LogP contribution in [0.1, 0.15) is 50.3 Å². The first kappa shape index (κ1) is 29.1. The van der Waals surface area contributed by atoms with Crippen LogP contribution in [-0.2, 0) is 28.9 Å². The van der Waals surface area contributed by atoms with E-state index < -0.39 is 34.9 Å². The van der Waals surface area contributed by atoms with E-state index in [1.807, 2.05) is 0 Å². The minimum Gasteiger partial charge on any atom is -0.348 e. The fourth-order valence-corrected chi connectivity index (χ4v) is 4.33. The normalized spacial score (nSPS) is 19.8. The number of aromatic nitrogens is 3. The molecule has 40 heavy (non-hydrogen) atoms. The van der Waals surface area contributed by atoms with Crippen molar-refractivity contribution in [2.24, 2.45) is 16.3 Å². The van der Waals surface area contributed by atoms with Crippen LogP contribution in [0.25, 0.3) is 0 Å². The molecular formula is C25H30F4N8O3. The second-order valence-electron chi connectivity index (χ2n) is 10.3. The number of rotatable bonds is 11. The van der Waals surface area contributed by atoms with Crippen LogP contribution >= 0.6 is 0 Å². The Bertz CT molecular complexity index is 1310. The van der Waals surface area contributed by atoms with Gasteiger partial charge in [0.05, 0.1) is 42.8 Å². The predicted octanol–water partition coefficient (Wildman–Crippen LogP) is 3.27. The first-order chi connectivity index (χ1) is 18.9. The molecule has 11 nitrogen and oxygen atoms in total. The molecule has 0 aromatic carbocycles. The van der Waals surface area contributed by atoms with E-state index in [0.717, 1.165) is 42.3 Å². The van der Waals surface area contributed by atoms with Crippen molar-refractivity contribution in [2.45, 2.75) is 70.0 Å². The quantitative estimate of drug-likeness (QED) is 0.401. The monoisotopic (exact) mass is 566 g/mol. The number of nitrogens with one attached hydrogen (secondary N) is 2. The average Bonchev–Trinajstić information content (AvgIpc) is 3.25. The molecule has 2 aliphatic rings. The van der Waals surface area contributed by atoms with E-state index >= 15 is 0 Å². The molecule has 0 bridgehead atoms. The predicted molar refractivity (Wildman–Crippen MR) is 135 cm³/mol. The third kappa shape index (κ3) is 7.60. The number of hydrogen-bond acceptors (Lipinski definition) is 8. The van der Waals surface area contributed by atoms with Crippen LogP contribution in [0.2, 0.25) is 0 Å². The Kier molecular flexibility index (Phi) is 8.79. The number of alkyl halides is 4. The highest BCUT2D eigenvalue weighted by Gasteiger charge is 2.40. The summed E-state index contributed by atoms with van der Waals surface area (Å²) >= 11 is 0. The van der Waals surface area contributed by atoms with E-state index in [-0.39, 0.29) is 44.2 Å². The summed E-state index contributed by atoms with van der Waals surface area (Å²) in [6.45, 7) is 0.996. The van der Waals surface area contributed by atoms with Gasteiger partial charge in [0, 0.05) is 31.6 Å². The van der Waals surface area contributed by atoms with Crippen molar-refractivity contribution in [1.82, 2.24) is 25.1 Å². The highest BCUT2D eigenvalue weighted by atomic mass is 19.4. The van der Waals surface area contributed by atoms with E-state index in [9.17, 15) is 31.9 Å². The van der Waals surface area contributed by atoms with Gasteiger partial charge in [0.15, 0.2) is 5.54 Å². The first-order valence-electron chi connectivity index (χ1n) is 12.9. The van der Waals surface area contributed by atoms with Crippen molar-refractivity contribution in [3.63, 3.8) is 0 Å². The number of hydrogen-bond donors (Lipinski definition) is 2. The van der Waals surface area contributed by atoms with Gasteiger partial charge in [0.1, 0.15) is 6.17 Å². The standard InChI is InChI=1S/C25H30F4N8O3/c1-24(23(40)31-12-19-10-17(5-7-30-19)25(27,28)29)15-36(35-34-24)14-18(26)6-8-37-22(39)11-20(13-32-37)33-21(38)9-16-3-2-4-16/h5,7,10-11,13,16,18H,2-4,6,8-9,12,14-15H2,1H3,(H,31,40)(H,33,38). The summed E-state index contributed by atoms with van der Waals surface area (Å²) in [5.41, 5.74) is -2.40. The van der Waals surface area contributed by atoms with Crippen LogP contribution in [0.4, 0.5) is 23.2 Å². The molecule has 1 aliphatic carbocycles. The molecule has 1 saturated carbocycles. The zero-order valence-corrected chi connectivity index (χ0v) is 21.8. The SMILES string of the molecule is CC1(C(=O)NCc2cc(C(F)(F)F)ccn2)CN(CC(F)CCn2ncc(NC(=O)CC3CCC3)cc2=O)N=N1. The first-order valence-corrected chi connectivity index (χ1v) is 12.9. The Hall–Kier alpha value is -3.91. The van der Waals surface area contributed by atoms with Crippen LogP contribution in [0.5, 0.6) is 0 Å². The van der Waals surface area contributed by atoms with Gasteiger partial charge in [-0.2, -0.15) is 23.4 Å². The lowest BCUT2D eigenvalue weighted by molar-refractivity contribution is -0.137. The molecule has 4 rings (SSSR count). The van der Waals surface area contributed by atoms with Crippen molar-refractivity contribution in [3.05, 3.63) is 52.2 Å². The topological polar surface area (TPSA) is 134 Å². The van der Waals surface area contributed by atoms with Crippen LogP contribution in [-0.4, -0.2) is 56.4 Å². The minimum atomic E-state index is -4.53. The van der Waals surface area contributed by atoms with Gasteiger partial charge >= 0.3 is 6.18 Å². The largest absolute Gasteiger partial charge is 0.416 e. The second-order valence-corrected chi connectivity index (χ2v) is 10.3. The van der Waals surface area contributed by atoms with Crippen molar-refractivity contribution in [1.29, 1.82) is 0 Å². The van der Waals surface area contributed by atoms with E-state index in [0.29, 0.717) is 18.0 Å². The van der Waals surface area contributed by atoms with E-state index in [1.165, 1.54) is 24.2 Å². The van der Waals surface area contributed by atoms with Crippen molar-refractivity contribution < 1.29 is 27.2 Å². The number of carbonyl (C=O) groups excluding carboxylic acids is 2. The third-order valence-electron chi connectivity index (χ3n) is 6.86. The number of anilines is 1. The molecule has 2 N–H and O–H groups in total. The van der Waals surface area contributed by atoms with Crippen molar-refractivity contribution in [3.8, 4) is 0 Å². The number of pyridine rings is 1. The zero-order chi connectivity index (χ0) is 28.9. The summed E-state index contributed by atoms with van der Waals surface area (Å²) in [5, 5.41) is 18.3. The fraction of sp³-hybridized carbons (Fsp3) is 0.560. The Morgan fingerprint density at radius 3 is 2.70 bits per heavy atom. The summed E-state index contributed by atoms with van der Waals surface area (Å²) < 4.78 is 54.4. The van der Waals surface area contributed by atoms with Crippen LogP contribution < -0.4 is 16.2 Å². The maximum absolute atomic E-state index is 14.7. The summed E-state index contributed by atoms with van der Waals surface area (Å²) in [4.78, 5) is 40.9. The highest BCUT2D eigenvalue weighted by molar-refractivity contribution is 5.90. The smallest absolute Gasteiger partial charge is 0.348 e. The number of carbonyl (C=O) groups is 2. The molecule has 2 amide bonds. The molecule has 2 aromatic rings. The lowest BCUT2D eigenvalue weighted by Gasteiger charge is -2.24. The Morgan fingerprint density at radius 2 is 2.02 bits per heavy atom. The third-order valence-corrected chi connectivity index (χ3v) is 6.86. The Morgan fingerprint density at radius 1 is 1.25 bits per heavy atom. The Labute approximate surface area is 227 Å². The molecule has 3 heterocycles. The van der Waals surface area contributed by atoms with Crippen molar-refractivity contribution in [2.75, 3.05) is 18.4 Å². The molecule has 1 aliphatic heterocycles. The minimum absolute atomic E-state index is 0.0109. The molecule has 0 spiro atoms. The zero-order valence-electron chi connectivity index (χ0n) is 21.8. The maximum Gasteiger partial charge on any atom is 0.416 e. The summed E-state index contributed by atoms with van der Waals surface area (Å²) in [7, 11) is 0. The molecular weight excluding hydrogens is 536 g/mol. The molecule has 216 valence electrons. The summed E-state index contributed by atoms with van der Waals surface area (Å²) in [5.74, 6) is -0.372. The van der Waals surface area contributed by atoms with Gasteiger partial charge in [0.2, 0.25) is 5.91 Å².